The van der Waals surface area contributed by atoms with Gasteiger partial charge in [-0.2, -0.15) is 10.2 Å². The van der Waals surface area contributed by atoms with Crippen LogP contribution in [0, 0.1) is 11.8 Å². The van der Waals surface area contributed by atoms with Gasteiger partial charge in [0.05, 0.1) is 11.4 Å². The molecule has 82 valence electrons. The number of allylic oxidation sites excluding steroid dienone is 2. The third kappa shape index (κ3) is 7.71. The van der Waals surface area contributed by atoms with Crippen LogP contribution in [0.25, 0.3) is 0 Å². The Balaban J connectivity index is 0. The Morgan fingerprint density at radius 2 is 1.00 bits per heavy atom. The van der Waals surface area contributed by atoms with Gasteiger partial charge in [-0.3, -0.25) is 0 Å². The molecule has 0 atom stereocenters. The van der Waals surface area contributed by atoms with Gasteiger partial charge in [-0.15, -0.1) is 0 Å². The van der Waals surface area contributed by atoms with E-state index in [9.17, 15) is 0 Å². The van der Waals surface area contributed by atoms with Crippen molar-refractivity contribution in [1.29, 1.82) is 0 Å². The molecule has 0 amide bonds. The molecule has 0 bridgehead atoms. The fraction of sp³-hybridized carbons (Fsp3) is 0.667. The maximum Gasteiger partial charge on any atom is 0.0584 e. The Bertz CT molecular complexity index is 178. The first-order chi connectivity index (χ1) is 6.45. The molecule has 0 saturated carbocycles. The lowest BCUT2D eigenvalue weighted by Crippen LogP contribution is -1.90. The van der Waals surface area contributed by atoms with E-state index >= 15 is 0 Å². The molecular formula is C12H24N2. The summed E-state index contributed by atoms with van der Waals surface area (Å²) in [4.78, 5) is 0. The molecule has 0 aromatic carbocycles. The average Bonchev–Trinajstić information content (AvgIpc) is 2.16. The highest BCUT2D eigenvalue weighted by atomic mass is 15.1. The fourth-order valence-corrected chi connectivity index (χ4v) is 0.359. The molecule has 14 heavy (non-hydrogen) atoms. The Hall–Kier alpha value is -0.920. The number of hydrogen-bond acceptors (Lipinski definition) is 2. The van der Waals surface area contributed by atoms with Gasteiger partial charge in [0.25, 0.3) is 0 Å². The summed E-state index contributed by atoms with van der Waals surface area (Å²) >= 11 is 0. The summed E-state index contributed by atoms with van der Waals surface area (Å²) in [7, 11) is 0. The Morgan fingerprint density at radius 3 is 1.14 bits per heavy atom. The second-order valence-electron chi connectivity index (χ2n) is 3.49. The largest absolute Gasteiger partial charge is 0.156 e. The zero-order valence-corrected chi connectivity index (χ0v) is 10.5. The quantitative estimate of drug-likeness (QED) is 0.577. The molecule has 0 aliphatic rings. The monoisotopic (exact) mass is 196 g/mol. The van der Waals surface area contributed by atoms with Crippen LogP contribution in [0.5, 0.6) is 0 Å². The molecule has 0 aliphatic heterocycles. The SMILES string of the molecule is C=C(N=NC(=C)C(C)C)C(C)C.CC. The second-order valence-corrected chi connectivity index (χ2v) is 3.49. The maximum absolute atomic E-state index is 3.98. The summed E-state index contributed by atoms with van der Waals surface area (Å²) in [5.74, 6) is 0.711. The summed E-state index contributed by atoms with van der Waals surface area (Å²) in [6.07, 6.45) is 0. The first kappa shape index (κ1) is 15.5. The van der Waals surface area contributed by atoms with Gasteiger partial charge in [-0.05, 0) is 11.8 Å². The summed E-state index contributed by atoms with van der Waals surface area (Å²) in [5, 5.41) is 7.95. The van der Waals surface area contributed by atoms with Gasteiger partial charge in [0.15, 0.2) is 0 Å². The Morgan fingerprint density at radius 1 is 0.786 bits per heavy atom. The number of hydrogen-bond donors (Lipinski definition) is 0. The third-order valence-electron chi connectivity index (χ3n) is 1.64. The van der Waals surface area contributed by atoms with Crippen LogP contribution in [-0.4, -0.2) is 0 Å². The van der Waals surface area contributed by atoms with Gasteiger partial charge in [-0.1, -0.05) is 54.7 Å². The van der Waals surface area contributed by atoms with E-state index in [4.69, 9.17) is 0 Å². The Kier molecular flexibility index (Phi) is 9.63. The molecule has 2 nitrogen and oxygen atoms in total. The lowest BCUT2D eigenvalue weighted by atomic mass is 10.2. The minimum absolute atomic E-state index is 0.355. The van der Waals surface area contributed by atoms with Crippen molar-refractivity contribution in [1.82, 2.24) is 0 Å². The zero-order valence-electron chi connectivity index (χ0n) is 10.5. The molecule has 0 heterocycles. The van der Waals surface area contributed by atoms with Crippen molar-refractivity contribution < 1.29 is 0 Å². The molecule has 0 aliphatic carbocycles. The van der Waals surface area contributed by atoms with Crippen LogP contribution in [0.3, 0.4) is 0 Å². The molecule has 0 rings (SSSR count). The second kappa shape index (κ2) is 8.67. The highest BCUT2D eigenvalue weighted by molar-refractivity contribution is 4.98. The number of nitrogens with zero attached hydrogens (tertiary/aromatic N) is 2. The Labute approximate surface area is 88.8 Å². The molecule has 0 N–H and O–H groups in total. The number of azo groups is 1. The first-order valence-electron chi connectivity index (χ1n) is 5.24. The topological polar surface area (TPSA) is 24.7 Å². The van der Waals surface area contributed by atoms with Crippen LogP contribution in [0.4, 0.5) is 0 Å². The van der Waals surface area contributed by atoms with E-state index < -0.39 is 0 Å². The fourth-order valence-electron chi connectivity index (χ4n) is 0.359. The van der Waals surface area contributed by atoms with E-state index in [-0.39, 0.29) is 0 Å². The van der Waals surface area contributed by atoms with E-state index in [0.29, 0.717) is 11.8 Å². The van der Waals surface area contributed by atoms with Crippen molar-refractivity contribution in [2.75, 3.05) is 0 Å². The third-order valence-corrected chi connectivity index (χ3v) is 1.64. The predicted octanol–water partition coefficient (Wildman–Crippen LogP) is 4.80. The minimum Gasteiger partial charge on any atom is -0.156 e. The van der Waals surface area contributed by atoms with Crippen LogP contribution in [0.2, 0.25) is 0 Å². The van der Waals surface area contributed by atoms with Crippen molar-refractivity contribution in [3.63, 3.8) is 0 Å². The molecule has 0 spiro atoms. The maximum atomic E-state index is 3.98. The molecular weight excluding hydrogens is 172 g/mol. The average molecular weight is 196 g/mol. The zero-order chi connectivity index (χ0) is 11.7. The lowest BCUT2D eigenvalue weighted by Gasteiger charge is -2.03. The molecule has 0 aromatic heterocycles. The summed E-state index contributed by atoms with van der Waals surface area (Å²) in [6, 6.07) is 0. The first-order valence-corrected chi connectivity index (χ1v) is 5.24. The molecule has 0 saturated heterocycles. The minimum atomic E-state index is 0.355. The van der Waals surface area contributed by atoms with Gasteiger partial charge in [0, 0.05) is 0 Å². The van der Waals surface area contributed by atoms with Crippen molar-refractivity contribution in [3.8, 4) is 0 Å². The van der Waals surface area contributed by atoms with Crippen molar-refractivity contribution in [2.24, 2.45) is 22.1 Å². The molecule has 0 radical (unpaired) electrons. The molecule has 2 heteroatoms. The van der Waals surface area contributed by atoms with Gasteiger partial charge in [0.1, 0.15) is 0 Å². The van der Waals surface area contributed by atoms with Crippen LogP contribution in [-0.2, 0) is 0 Å². The lowest BCUT2D eigenvalue weighted by molar-refractivity contribution is 0.709. The standard InChI is InChI=1S/C10H18N2.C2H6/c1-7(2)9(5)11-12-10(6)8(3)4;1-2/h7-8H,5-6H2,1-4H3;1-2H3. The van der Waals surface area contributed by atoms with E-state index in [1.54, 1.807) is 0 Å². The summed E-state index contributed by atoms with van der Waals surface area (Å²) in [6.45, 7) is 19.7. The van der Waals surface area contributed by atoms with Crippen LogP contribution < -0.4 is 0 Å². The van der Waals surface area contributed by atoms with Crippen LogP contribution in [0.15, 0.2) is 34.8 Å². The smallest absolute Gasteiger partial charge is 0.0584 e. The van der Waals surface area contributed by atoms with Crippen molar-refractivity contribution in [3.05, 3.63) is 24.6 Å². The van der Waals surface area contributed by atoms with Gasteiger partial charge >= 0.3 is 0 Å². The van der Waals surface area contributed by atoms with Crippen LogP contribution >= 0.6 is 0 Å². The van der Waals surface area contributed by atoms with Crippen LogP contribution in [0.1, 0.15) is 41.5 Å². The summed E-state index contributed by atoms with van der Waals surface area (Å²) in [5.41, 5.74) is 1.61. The molecule has 0 fully saturated rings. The van der Waals surface area contributed by atoms with E-state index in [1.165, 1.54) is 0 Å². The van der Waals surface area contributed by atoms with E-state index in [1.807, 2.05) is 41.5 Å². The molecule has 0 aromatic rings. The highest BCUT2D eigenvalue weighted by Crippen LogP contribution is 2.13. The number of rotatable bonds is 4. The van der Waals surface area contributed by atoms with Crippen molar-refractivity contribution >= 4 is 0 Å². The highest BCUT2D eigenvalue weighted by Gasteiger charge is 1.99. The van der Waals surface area contributed by atoms with Gasteiger partial charge in [-0.25, -0.2) is 0 Å². The van der Waals surface area contributed by atoms with Gasteiger partial charge in [0.2, 0.25) is 0 Å². The predicted molar refractivity (Wildman–Crippen MR) is 64.2 cm³/mol. The van der Waals surface area contributed by atoms with E-state index in [0.717, 1.165) is 11.4 Å². The van der Waals surface area contributed by atoms with Gasteiger partial charge < -0.3 is 0 Å². The van der Waals surface area contributed by atoms with E-state index in [2.05, 4.69) is 23.4 Å². The molecule has 0 unspecified atom stereocenters. The summed E-state index contributed by atoms with van der Waals surface area (Å²) < 4.78 is 0. The normalized spacial score (nSPS) is 10.3. The van der Waals surface area contributed by atoms with Crippen molar-refractivity contribution in [2.45, 2.75) is 41.5 Å².